The van der Waals surface area contributed by atoms with Gasteiger partial charge in [0.25, 0.3) is 0 Å². The van der Waals surface area contributed by atoms with Crippen molar-refractivity contribution in [2.75, 3.05) is 50.5 Å². The van der Waals surface area contributed by atoms with Crippen LogP contribution in [0.1, 0.15) is 24.1 Å². The molecule has 4 aromatic rings. The summed E-state index contributed by atoms with van der Waals surface area (Å²) in [6.07, 6.45) is 1.93. The predicted octanol–water partition coefficient (Wildman–Crippen LogP) is 4.33. The van der Waals surface area contributed by atoms with Gasteiger partial charge in [-0.25, -0.2) is 9.78 Å². The number of carbonyl (C=O) groups excluding carboxylic acids is 2. The number of H-pyrrole nitrogens is 1. The molecule has 9 nitrogen and oxygen atoms in total. The maximum Gasteiger partial charge on any atom is 0.318 e. The Labute approximate surface area is 232 Å². The number of amides is 3. The van der Waals surface area contributed by atoms with E-state index < -0.39 is 6.04 Å². The quantitative estimate of drug-likeness (QED) is 0.306. The molecule has 0 spiro atoms. The van der Waals surface area contributed by atoms with Gasteiger partial charge in [0, 0.05) is 66.8 Å². The molecule has 1 saturated heterocycles. The zero-order valence-corrected chi connectivity index (χ0v) is 23.4. The Morgan fingerprint density at radius 3 is 2.51 bits per heavy atom. The van der Waals surface area contributed by atoms with Gasteiger partial charge >= 0.3 is 6.03 Å². The highest BCUT2D eigenvalue weighted by Crippen LogP contribution is 2.29. The highest BCUT2D eigenvalue weighted by molar-refractivity contribution is 7.13. The van der Waals surface area contributed by atoms with Crippen molar-refractivity contribution in [2.24, 2.45) is 0 Å². The van der Waals surface area contributed by atoms with Gasteiger partial charge < -0.3 is 30.3 Å². The van der Waals surface area contributed by atoms with Gasteiger partial charge in [-0.3, -0.25) is 4.79 Å². The standard InChI is InChI=1S/C29H35N7O2S/c1-20(24-17-30-25-12-8-7-11-23(24)25)26(27(37)33-28-31-21(19-39-28)18-34(2)3)32-29(38)36-15-13-35(14-16-36)22-9-5-4-6-10-22/h4-12,17,19-20,26,30H,13-16,18H2,1-3H3,(H,32,38)(H,31,33,37). The van der Waals surface area contributed by atoms with E-state index in [1.807, 2.05) is 80.0 Å². The summed E-state index contributed by atoms with van der Waals surface area (Å²) < 4.78 is 0. The van der Waals surface area contributed by atoms with E-state index in [0.717, 1.165) is 40.9 Å². The number of fused-ring (bicyclic) bond motifs is 1. The maximum absolute atomic E-state index is 13.7. The molecule has 1 aliphatic rings. The molecule has 0 aliphatic carbocycles. The van der Waals surface area contributed by atoms with Gasteiger partial charge in [-0.2, -0.15) is 0 Å². The van der Waals surface area contributed by atoms with E-state index in [0.29, 0.717) is 24.8 Å². The minimum Gasteiger partial charge on any atom is -0.368 e. The van der Waals surface area contributed by atoms with Crippen LogP contribution in [0.2, 0.25) is 0 Å². The fourth-order valence-electron chi connectivity index (χ4n) is 5.04. The number of thiazole rings is 1. The van der Waals surface area contributed by atoms with E-state index >= 15 is 0 Å². The molecule has 10 heteroatoms. The monoisotopic (exact) mass is 545 g/mol. The predicted molar refractivity (Wildman–Crippen MR) is 157 cm³/mol. The smallest absolute Gasteiger partial charge is 0.318 e. The van der Waals surface area contributed by atoms with Gasteiger partial charge in [0.2, 0.25) is 5.91 Å². The number of benzene rings is 2. The first kappa shape index (κ1) is 26.7. The number of piperazine rings is 1. The first-order valence-electron chi connectivity index (χ1n) is 13.2. The molecular weight excluding hydrogens is 510 g/mol. The summed E-state index contributed by atoms with van der Waals surface area (Å²) >= 11 is 1.39. The number of hydrogen-bond acceptors (Lipinski definition) is 6. The molecular formula is C29H35N7O2S. The summed E-state index contributed by atoms with van der Waals surface area (Å²) in [6, 6.07) is 17.2. The van der Waals surface area contributed by atoms with Crippen molar-refractivity contribution in [2.45, 2.75) is 25.4 Å². The van der Waals surface area contributed by atoms with Crippen LogP contribution >= 0.6 is 11.3 Å². The van der Waals surface area contributed by atoms with Crippen LogP contribution in [0.4, 0.5) is 15.6 Å². The highest BCUT2D eigenvalue weighted by Gasteiger charge is 2.32. The Kier molecular flexibility index (Phi) is 8.13. The Balaban J connectivity index is 1.32. The van der Waals surface area contributed by atoms with Crippen LogP contribution in [0, 0.1) is 0 Å². The Morgan fingerprint density at radius 1 is 1.05 bits per heavy atom. The second-order valence-electron chi connectivity index (χ2n) is 10.2. The molecule has 2 aromatic heterocycles. The number of para-hydroxylation sites is 2. The molecule has 204 valence electrons. The van der Waals surface area contributed by atoms with Gasteiger partial charge in [0.05, 0.1) is 5.69 Å². The van der Waals surface area contributed by atoms with Crippen LogP contribution < -0.4 is 15.5 Å². The molecule has 0 radical (unpaired) electrons. The van der Waals surface area contributed by atoms with E-state index in [9.17, 15) is 9.59 Å². The zero-order chi connectivity index (χ0) is 27.4. The number of rotatable bonds is 8. The number of nitrogens with zero attached hydrogens (tertiary/aromatic N) is 4. The zero-order valence-electron chi connectivity index (χ0n) is 22.6. The molecule has 2 aromatic carbocycles. The maximum atomic E-state index is 13.7. The van der Waals surface area contributed by atoms with Crippen LogP contribution in [-0.2, 0) is 11.3 Å². The van der Waals surface area contributed by atoms with Crippen molar-refractivity contribution >= 4 is 45.0 Å². The number of anilines is 2. The van der Waals surface area contributed by atoms with E-state index in [4.69, 9.17) is 0 Å². The van der Waals surface area contributed by atoms with E-state index in [2.05, 4.69) is 37.6 Å². The van der Waals surface area contributed by atoms with E-state index in [1.165, 1.54) is 11.3 Å². The van der Waals surface area contributed by atoms with Crippen LogP contribution in [-0.4, -0.2) is 78.0 Å². The molecule has 3 heterocycles. The number of nitrogens with one attached hydrogen (secondary N) is 3. The van der Waals surface area contributed by atoms with Crippen LogP contribution in [0.3, 0.4) is 0 Å². The Bertz CT molecular complexity index is 1410. The third kappa shape index (κ3) is 6.23. The van der Waals surface area contributed by atoms with Crippen molar-refractivity contribution in [3.05, 3.63) is 77.4 Å². The van der Waals surface area contributed by atoms with Crippen molar-refractivity contribution in [1.82, 2.24) is 25.1 Å². The third-order valence-corrected chi connectivity index (χ3v) is 7.93. The lowest BCUT2D eigenvalue weighted by atomic mass is 9.92. The first-order valence-corrected chi connectivity index (χ1v) is 14.1. The summed E-state index contributed by atoms with van der Waals surface area (Å²) in [5, 5.41) is 9.53. The summed E-state index contributed by atoms with van der Waals surface area (Å²) in [7, 11) is 3.96. The van der Waals surface area contributed by atoms with Gasteiger partial charge in [-0.15, -0.1) is 11.3 Å². The molecule has 0 bridgehead atoms. The van der Waals surface area contributed by atoms with E-state index in [1.54, 1.807) is 4.90 Å². The minimum atomic E-state index is -0.787. The lowest BCUT2D eigenvalue weighted by molar-refractivity contribution is -0.118. The lowest BCUT2D eigenvalue weighted by Gasteiger charge is -2.37. The minimum absolute atomic E-state index is 0.234. The van der Waals surface area contributed by atoms with Crippen molar-refractivity contribution in [1.29, 1.82) is 0 Å². The molecule has 39 heavy (non-hydrogen) atoms. The summed E-state index contributed by atoms with van der Waals surface area (Å²) in [5.74, 6) is -0.563. The van der Waals surface area contributed by atoms with Crippen molar-refractivity contribution in [3.63, 3.8) is 0 Å². The van der Waals surface area contributed by atoms with Crippen molar-refractivity contribution < 1.29 is 9.59 Å². The van der Waals surface area contributed by atoms with Gasteiger partial charge in [0.15, 0.2) is 5.13 Å². The number of aromatic amines is 1. The normalized spacial score (nSPS) is 15.4. The summed E-state index contributed by atoms with van der Waals surface area (Å²) in [5.41, 5.74) is 4.02. The molecule has 0 saturated carbocycles. The summed E-state index contributed by atoms with van der Waals surface area (Å²) in [6.45, 7) is 5.30. The number of hydrogen-bond donors (Lipinski definition) is 3. The van der Waals surface area contributed by atoms with Gasteiger partial charge in [-0.1, -0.05) is 43.3 Å². The highest BCUT2D eigenvalue weighted by atomic mass is 32.1. The second-order valence-corrected chi connectivity index (χ2v) is 11.0. The number of carbonyl (C=O) groups is 2. The molecule has 3 N–H and O–H groups in total. The fraction of sp³-hybridized carbons (Fsp3) is 0.345. The number of urea groups is 1. The second kappa shape index (κ2) is 11.9. The van der Waals surface area contributed by atoms with E-state index in [-0.39, 0.29) is 17.9 Å². The third-order valence-electron chi connectivity index (χ3n) is 7.12. The fourth-order valence-corrected chi connectivity index (χ4v) is 5.75. The number of aromatic nitrogens is 2. The lowest BCUT2D eigenvalue weighted by Crippen LogP contribution is -2.56. The van der Waals surface area contributed by atoms with Gasteiger partial charge in [0.1, 0.15) is 6.04 Å². The average Bonchev–Trinajstić information content (AvgIpc) is 3.58. The molecule has 1 aliphatic heterocycles. The molecule has 5 rings (SSSR count). The Morgan fingerprint density at radius 2 is 1.77 bits per heavy atom. The largest absolute Gasteiger partial charge is 0.368 e. The first-order chi connectivity index (χ1) is 18.9. The summed E-state index contributed by atoms with van der Waals surface area (Å²) in [4.78, 5) is 41.1. The molecule has 1 fully saturated rings. The van der Waals surface area contributed by atoms with Crippen LogP contribution in [0.15, 0.2) is 66.2 Å². The Hall–Kier alpha value is -3.89. The van der Waals surface area contributed by atoms with Crippen molar-refractivity contribution in [3.8, 4) is 0 Å². The van der Waals surface area contributed by atoms with Crippen LogP contribution in [0.25, 0.3) is 10.9 Å². The molecule has 2 atom stereocenters. The van der Waals surface area contributed by atoms with Crippen LogP contribution in [0.5, 0.6) is 0 Å². The molecule has 2 unspecified atom stereocenters. The SMILES string of the molecule is CC(c1c[nH]c2ccccc12)C(NC(=O)N1CCN(c2ccccc2)CC1)C(=O)Nc1nc(CN(C)C)cs1. The average molecular weight is 546 g/mol. The van der Waals surface area contributed by atoms with Gasteiger partial charge in [-0.05, 0) is 37.9 Å². The molecule has 3 amide bonds. The topological polar surface area (TPSA) is 96.6 Å².